The normalized spacial score (nSPS) is 11.2. The van der Waals surface area contributed by atoms with Crippen LogP contribution in [0.25, 0.3) is 0 Å². The Bertz CT molecular complexity index is 1390. The second kappa shape index (κ2) is 12.8. The van der Waals surface area contributed by atoms with E-state index in [0.717, 1.165) is 0 Å². The van der Waals surface area contributed by atoms with Gasteiger partial charge in [0.2, 0.25) is 5.91 Å². The predicted octanol–water partition coefficient (Wildman–Crippen LogP) is 4.28. The molecular formula is C27H30ClN3O6S. The largest absolute Gasteiger partial charge is 0.493 e. The Morgan fingerprint density at radius 2 is 1.63 bits per heavy atom. The molecule has 2 amide bonds. The summed E-state index contributed by atoms with van der Waals surface area (Å²) in [5.74, 6) is -0.327. The molecule has 11 heteroatoms. The summed E-state index contributed by atoms with van der Waals surface area (Å²) < 4.78 is 36.8. The third-order valence-electron chi connectivity index (χ3n) is 5.47. The standard InChI is InChI=1S/C27H30ClN3O6S/c1-19(32)29-21-10-12-22(13-11-21)38(34,35)37-26-17-20(9-14-25(26)36-4)18-31(16-15-30(2)3)27(33)23-7-5-6-8-24(23)28/h5-14,17H,15-16,18H2,1-4H3,(H,29,32). The lowest BCUT2D eigenvalue weighted by atomic mass is 10.1. The zero-order chi connectivity index (χ0) is 27.9. The number of nitrogens with one attached hydrogen (secondary N) is 1. The number of rotatable bonds is 11. The summed E-state index contributed by atoms with van der Waals surface area (Å²) in [6, 6.07) is 17.3. The van der Waals surface area contributed by atoms with Gasteiger partial charge in [-0.15, -0.1) is 0 Å². The van der Waals surface area contributed by atoms with Crippen LogP contribution < -0.4 is 14.2 Å². The van der Waals surface area contributed by atoms with Crippen molar-refractivity contribution in [1.29, 1.82) is 0 Å². The van der Waals surface area contributed by atoms with Crippen molar-refractivity contribution in [1.82, 2.24) is 9.80 Å². The van der Waals surface area contributed by atoms with Crippen molar-refractivity contribution in [3.8, 4) is 11.5 Å². The van der Waals surface area contributed by atoms with Crippen LogP contribution in [0.15, 0.2) is 71.6 Å². The van der Waals surface area contributed by atoms with Crippen molar-refractivity contribution < 1.29 is 26.9 Å². The number of hydrogen-bond donors (Lipinski definition) is 1. The summed E-state index contributed by atoms with van der Waals surface area (Å²) in [5.41, 5.74) is 1.47. The fraction of sp³-hybridized carbons (Fsp3) is 0.259. The van der Waals surface area contributed by atoms with E-state index >= 15 is 0 Å². The monoisotopic (exact) mass is 559 g/mol. The maximum Gasteiger partial charge on any atom is 0.339 e. The molecule has 0 aromatic heterocycles. The van der Waals surface area contributed by atoms with Crippen LogP contribution in [0.1, 0.15) is 22.8 Å². The van der Waals surface area contributed by atoms with Crippen molar-refractivity contribution in [3.63, 3.8) is 0 Å². The lowest BCUT2D eigenvalue weighted by Crippen LogP contribution is -2.36. The molecule has 0 saturated carbocycles. The molecule has 0 saturated heterocycles. The lowest BCUT2D eigenvalue weighted by Gasteiger charge is -2.25. The highest BCUT2D eigenvalue weighted by Crippen LogP contribution is 2.32. The molecule has 202 valence electrons. The Hall–Kier alpha value is -3.60. The first-order valence-corrected chi connectivity index (χ1v) is 13.5. The Labute approximate surface area is 228 Å². The smallest absolute Gasteiger partial charge is 0.339 e. The number of amides is 2. The summed E-state index contributed by atoms with van der Waals surface area (Å²) in [6.07, 6.45) is 0. The topological polar surface area (TPSA) is 105 Å². The van der Waals surface area contributed by atoms with Gasteiger partial charge in [-0.1, -0.05) is 29.8 Å². The molecule has 3 aromatic rings. The average molecular weight is 560 g/mol. The lowest BCUT2D eigenvalue weighted by molar-refractivity contribution is -0.114. The van der Waals surface area contributed by atoms with Crippen LogP contribution in [0, 0.1) is 0 Å². The van der Waals surface area contributed by atoms with Gasteiger partial charge in [0, 0.05) is 32.2 Å². The van der Waals surface area contributed by atoms with Gasteiger partial charge >= 0.3 is 10.1 Å². The highest BCUT2D eigenvalue weighted by Gasteiger charge is 2.22. The van der Waals surface area contributed by atoms with Crippen LogP contribution >= 0.6 is 11.6 Å². The van der Waals surface area contributed by atoms with E-state index in [2.05, 4.69) is 5.32 Å². The maximum atomic E-state index is 13.3. The van der Waals surface area contributed by atoms with Gasteiger partial charge in [-0.3, -0.25) is 9.59 Å². The van der Waals surface area contributed by atoms with E-state index in [9.17, 15) is 18.0 Å². The summed E-state index contributed by atoms with van der Waals surface area (Å²) in [6.45, 7) is 2.57. The number of hydrogen-bond acceptors (Lipinski definition) is 7. The minimum absolute atomic E-state index is 0.0197. The molecule has 0 aliphatic heterocycles. The van der Waals surface area contributed by atoms with E-state index in [1.165, 1.54) is 44.4 Å². The first kappa shape index (κ1) is 29.0. The van der Waals surface area contributed by atoms with Crippen LogP contribution in [0.5, 0.6) is 11.5 Å². The number of nitrogens with zero attached hydrogens (tertiary/aromatic N) is 2. The minimum Gasteiger partial charge on any atom is -0.493 e. The average Bonchev–Trinajstić information content (AvgIpc) is 2.86. The Morgan fingerprint density at radius 1 is 0.947 bits per heavy atom. The number of anilines is 1. The van der Waals surface area contributed by atoms with Crippen LogP contribution in [0.4, 0.5) is 5.69 Å². The number of ether oxygens (including phenoxy) is 1. The molecule has 0 unspecified atom stereocenters. The molecule has 0 fully saturated rings. The quantitative estimate of drug-likeness (QED) is 0.350. The van der Waals surface area contributed by atoms with Crippen LogP contribution in [0.2, 0.25) is 5.02 Å². The van der Waals surface area contributed by atoms with E-state index in [4.69, 9.17) is 20.5 Å². The number of carbonyl (C=O) groups excluding carboxylic acids is 2. The van der Waals surface area contributed by atoms with Gasteiger partial charge in [0.15, 0.2) is 11.5 Å². The van der Waals surface area contributed by atoms with Gasteiger partial charge < -0.3 is 24.0 Å². The van der Waals surface area contributed by atoms with Crippen LogP contribution in [0.3, 0.4) is 0 Å². The number of halogens is 1. The molecule has 0 atom stereocenters. The molecule has 0 heterocycles. The summed E-state index contributed by atoms with van der Waals surface area (Å²) in [5, 5.41) is 2.93. The fourth-order valence-corrected chi connectivity index (χ4v) is 4.71. The van der Waals surface area contributed by atoms with E-state index in [1.807, 2.05) is 19.0 Å². The molecule has 0 spiro atoms. The van der Waals surface area contributed by atoms with Crippen molar-refractivity contribution >= 4 is 39.2 Å². The number of likely N-dealkylation sites (N-methyl/N-ethyl adjacent to an activating group) is 1. The molecule has 9 nitrogen and oxygen atoms in total. The maximum absolute atomic E-state index is 13.3. The second-order valence-electron chi connectivity index (χ2n) is 8.74. The summed E-state index contributed by atoms with van der Waals surface area (Å²) in [7, 11) is 0.999. The van der Waals surface area contributed by atoms with E-state index < -0.39 is 10.1 Å². The molecule has 0 aliphatic carbocycles. The van der Waals surface area contributed by atoms with Gasteiger partial charge in [-0.2, -0.15) is 8.42 Å². The fourth-order valence-electron chi connectivity index (χ4n) is 3.56. The first-order chi connectivity index (χ1) is 18.0. The third kappa shape index (κ3) is 7.70. The highest BCUT2D eigenvalue weighted by molar-refractivity contribution is 7.87. The number of methoxy groups -OCH3 is 1. The number of benzene rings is 3. The Morgan fingerprint density at radius 3 is 2.24 bits per heavy atom. The molecule has 0 aliphatic rings. The van der Waals surface area contributed by atoms with Gasteiger partial charge in [-0.25, -0.2) is 0 Å². The zero-order valence-electron chi connectivity index (χ0n) is 21.6. The van der Waals surface area contributed by atoms with Crippen molar-refractivity contribution in [2.24, 2.45) is 0 Å². The van der Waals surface area contributed by atoms with Gasteiger partial charge in [0.05, 0.1) is 17.7 Å². The molecular weight excluding hydrogens is 530 g/mol. The van der Waals surface area contributed by atoms with Gasteiger partial charge in [0.25, 0.3) is 5.91 Å². The van der Waals surface area contributed by atoms with Crippen molar-refractivity contribution in [2.75, 3.05) is 39.6 Å². The van der Waals surface area contributed by atoms with Crippen molar-refractivity contribution in [3.05, 3.63) is 82.9 Å². The Balaban J connectivity index is 1.88. The van der Waals surface area contributed by atoms with Crippen LogP contribution in [-0.4, -0.2) is 64.3 Å². The Kier molecular flexibility index (Phi) is 9.73. The molecule has 38 heavy (non-hydrogen) atoms. The number of carbonyl (C=O) groups is 2. The minimum atomic E-state index is -4.22. The summed E-state index contributed by atoms with van der Waals surface area (Å²) >= 11 is 6.28. The highest BCUT2D eigenvalue weighted by atomic mass is 35.5. The van der Waals surface area contributed by atoms with Gasteiger partial charge in [0.1, 0.15) is 4.90 Å². The van der Waals surface area contributed by atoms with Crippen LogP contribution in [-0.2, 0) is 21.5 Å². The molecule has 0 bridgehead atoms. The van der Waals surface area contributed by atoms with E-state index in [-0.39, 0.29) is 34.8 Å². The SMILES string of the molecule is COc1ccc(CN(CCN(C)C)C(=O)c2ccccc2Cl)cc1OS(=O)(=O)c1ccc(NC(C)=O)cc1. The predicted molar refractivity (Wildman–Crippen MR) is 146 cm³/mol. The molecule has 3 rings (SSSR count). The molecule has 0 radical (unpaired) electrons. The molecule has 3 aromatic carbocycles. The third-order valence-corrected chi connectivity index (χ3v) is 7.05. The summed E-state index contributed by atoms with van der Waals surface area (Å²) in [4.78, 5) is 28.1. The second-order valence-corrected chi connectivity index (χ2v) is 10.7. The zero-order valence-corrected chi connectivity index (χ0v) is 23.2. The van der Waals surface area contributed by atoms with Gasteiger partial charge in [-0.05, 0) is 68.2 Å². The van der Waals surface area contributed by atoms with E-state index in [1.54, 1.807) is 41.3 Å². The van der Waals surface area contributed by atoms with E-state index in [0.29, 0.717) is 34.9 Å². The molecule has 1 N–H and O–H groups in total. The van der Waals surface area contributed by atoms with Crippen molar-refractivity contribution in [2.45, 2.75) is 18.4 Å². The first-order valence-electron chi connectivity index (χ1n) is 11.7.